The van der Waals surface area contributed by atoms with Gasteiger partial charge in [0, 0.05) is 32.2 Å². The highest BCUT2D eigenvalue weighted by atomic mass is 35.5. The zero-order valence-corrected chi connectivity index (χ0v) is 13.2. The van der Waals surface area contributed by atoms with E-state index in [9.17, 15) is 4.79 Å². The normalized spacial score (nSPS) is 10.3. The highest BCUT2D eigenvalue weighted by Crippen LogP contribution is 2.27. The van der Waals surface area contributed by atoms with Crippen molar-refractivity contribution < 1.29 is 14.3 Å². The third-order valence-corrected chi connectivity index (χ3v) is 3.10. The Morgan fingerprint density at radius 2 is 2.24 bits per heavy atom. The molecule has 0 amide bonds. The number of nitrogens with zero attached hydrogens (tertiary/aromatic N) is 1. The first-order valence-electron chi connectivity index (χ1n) is 6.66. The molecule has 0 aliphatic heterocycles. The molecular weight excluding hydrogens is 294 g/mol. The summed E-state index contributed by atoms with van der Waals surface area (Å²) in [6, 6.07) is 0. The van der Waals surface area contributed by atoms with Crippen LogP contribution < -0.4 is 5.32 Å². The molecule has 2 N–H and O–H groups in total. The van der Waals surface area contributed by atoms with Gasteiger partial charge in [-0.1, -0.05) is 11.6 Å². The molecule has 21 heavy (non-hydrogen) atoms. The Kier molecular flexibility index (Phi) is 7.11. The number of carbonyl (C=O) groups is 1. The average molecular weight is 314 g/mol. The van der Waals surface area contributed by atoms with Gasteiger partial charge in [-0.3, -0.25) is 0 Å². The lowest BCUT2D eigenvalue weighted by Crippen LogP contribution is -2.14. The standard InChI is InChI=1S/C14H20ClN3O3/c1-4-21-14(19)10-8-18-13(17-6-5-7-20-3)11(9(2)16)12(10)15/h8,16H,4-7H2,1-3H3,(H,17,18). The van der Waals surface area contributed by atoms with E-state index in [2.05, 4.69) is 10.3 Å². The Morgan fingerprint density at radius 3 is 2.81 bits per heavy atom. The summed E-state index contributed by atoms with van der Waals surface area (Å²) in [5.74, 6) is -0.0555. The second kappa shape index (κ2) is 8.59. The van der Waals surface area contributed by atoms with E-state index in [1.54, 1.807) is 21.0 Å². The van der Waals surface area contributed by atoms with Crippen LogP contribution in [-0.4, -0.2) is 43.5 Å². The quantitative estimate of drug-likeness (QED) is 0.438. The van der Waals surface area contributed by atoms with Gasteiger partial charge in [0.1, 0.15) is 5.82 Å². The molecule has 0 radical (unpaired) electrons. The monoisotopic (exact) mass is 313 g/mol. The minimum atomic E-state index is -0.538. The van der Waals surface area contributed by atoms with E-state index in [4.69, 9.17) is 26.5 Å². The molecule has 0 saturated carbocycles. The van der Waals surface area contributed by atoms with Gasteiger partial charge in [-0.2, -0.15) is 0 Å². The van der Waals surface area contributed by atoms with Gasteiger partial charge in [-0.05, 0) is 20.3 Å². The summed E-state index contributed by atoms with van der Waals surface area (Å²) in [5.41, 5.74) is 0.815. The third kappa shape index (κ3) is 4.68. The van der Waals surface area contributed by atoms with Gasteiger partial charge in [-0.15, -0.1) is 0 Å². The number of hydrogen-bond donors (Lipinski definition) is 2. The highest BCUT2D eigenvalue weighted by molar-refractivity contribution is 6.37. The summed E-state index contributed by atoms with van der Waals surface area (Å²) in [7, 11) is 1.64. The van der Waals surface area contributed by atoms with Gasteiger partial charge in [0.2, 0.25) is 0 Å². The second-order valence-electron chi connectivity index (χ2n) is 4.33. The maximum absolute atomic E-state index is 11.8. The number of aromatic nitrogens is 1. The van der Waals surface area contributed by atoms with Gasteiger partial charge in [0.05, 0.1) is 22.8 Å². The topological polar surface area (TPSA) is 84.3 Å². The van der Waals surface area contributed by atoms with Crippen molar-refractivity contribution in [2.24, 2.45) is 0 Å². The van der Waals surface area contributed by atoms with Gasteiger partial charge in [0.15, 0.2) is 0 Å². The fraction of sp³-hybridized carbons (Fsp3) is 0.500. The van der Waals surface area contributed by atoms with E-state index in [1.807, 2.05) is 0 Å². The molecule has 1 aromatic heterocycles. The zero-order chi connectivity index (χ0) is 15.8. The molecule has 1 heterocycles. The minimum absolute atomic E-state index is 0.169. The summed E-state index contributed by atoms with van der Waals surface area (Å²) >= 11 is 6.23. The maximum atomic E-state index is 11.8. The van der Waals surface area contributed by atoms with Crippen LogP contribution in [0.1, 0.15) is 36.2 Å². The van der Waals surface area contributed by atoms with E-state index < -0.39 is 5.97 Å². The molecule has 6 nitrogen and oxygen atoms in total. The van der Waals surface area contributed by atoms with Crippen molar-refractivity contribution in [2.75, 3.05) is 32.2 Å². The molecule has 7 heteroatoms. The number of pyridine rings is 1. The summed E-state index contributed by atoms with van der Waals surface area (Å²) in [5, 5.41) is 11.1. The number of esters is 1. The molecule has 1 rings (SSSR count). The number of methoxy groups -OCH3 is 1. The van der Waals surface area contributed by atoms with Crippen LogP contribution in [-0.2, 0) is 9.47 Å². The first-order valence-corrected chi connectivity index (χ1v) is 7.04. The Bertz CT molecular complexity index is 520. The number of rotatable bonds is 8. The smallest absolute Gasteiger partial charge is 0.341 e. The van der Waals surface area contributed by atoms with Crippen LogP contribution in [0.25, 0.3) is 0 Å². The Morgan fingerprint density at radius 1 is 1.52 bits per heavy atom. The van der Waals surface area contributed by atoms with Crippen molar-refractivity contribution in [1.29, 1.82) is 5.41 Å². The largest absolute Gasteiger partial charge is 0.462 e. The molecule has 0 saturated heterocycles. The fourth-order valence-electron chi connectivity index (χ4n) is 1.74. The van der Waals surface area contributed by atoms with Crippen molar-refractivity contribution in [3.63, 3.8) is 0 Å². The molecular formula is C14H20ClN3O3. The lowest BCUT2D eigenvalue weighted by atomic mass is 10.1. The Hall–Kier alpha value is -1.66. The van der Waals surface area contributed by atoms with Crippen molar-refractivity contribution in [3.05, 3.63) is 22.3 Å². The minimum Gasteiger partial charge on any atom is -0.462 e. The van der Waals surface area contributed by atoms with Gasteiger partial charge >= 0.3 is 5.97 Å². The molecule has 0 bridgehead atoms. The number of carbonyl (C=O) groups excluding carboxylic acids is 1. The molecule has 0 spiro atoms. The van der Waals surface area contributed by atoms with Gasteiger partial charge in [0.25, 0.3) is 0 Å². The molecule has 116 valence electrons. The summed E-state index contributed by atoms with van der Waals surface area (Å²) in [6.07, 6.45) is 2.16. The first kappa shape index (κ1) is 17.4. The second-order valence-corrected chi connectivity index (χ2v) is 4.71. The van der Waals surface area contributed by atoms with E-state index in [0.29, 0.717) is 24.5 Å². The molecule has 0 aliphatic carbocycles. The van der Waals surface area contributed by atoms with Crippen LogP contribution in [0, 0.1) is 5.41 Å². The summed E-state index contributed by atoms with van der Waals surface area (Å²) in [4.78, 5) is 16.0. The molecule has 1 aromatic rings. The number of halogens is 1. The Balaban J connectivity index is 3.03. The SMILES string of the molecule is CCOC(=O)c1cnc(NCCCOC)c(C(C)=N)c1Cl. The number of ether oxygens (including phenoxy) is 2. The van der Waals surface area contributed by atoms with Crippen molar-refractivity contribution in [3.8, 4) is 0 Å². The molecule has 0 atom stereocenters. The lowest BCUT2D eigenvalue weighted by Gasteiger charge is -2.14. The van der Waals surface area contributed by atoms with Gasteiger partial charge < -0.3 is 20.2 Å². The predicted octanol–water partition coefficient (Wildman–Crippen LogP) is 2.75. The van der Waals surface area contributed by atoms with E-state index in [-0.39, 0.29) is 22.9 Å². The van der Waals surface area contributed by atoms with E-state index in [1.165, 1.54) is 6.20 Å². The van der Waals surface area contributed by atoms with E-state index in [0.717, 1.165) is 6.42 Å². The molecule has 0 aromatic carbocycles. The first-order chi connectivity index (χ1) is 10.0. The van der Waals surface area contributed by atoms with Crippen LogP contribution in [0.2, 0.25) is 5.02 Å². The van der Waals surface area contributed by atoms with Crippen LogP contribution >= 0.6 is 11.6 Å². The van der Waals surface area contributed by atoms with E-state index >= 15 is 0 Å². The van der Waals surface area contributed by atoms with Crippen molar-refractivity contribution >= 4 is 29.1 Å². The highest BCUT2D eigenvalue weighted by Gasteiger charge is 2.20. The lowest BCUT2D eigenvalue weighted by molar-refractivity contribution is 0.0526. The van der Waals surface area contributed by atoms with Crippen LogP contribution in [0.3, 0.4) is 0 Å². The molecule has 0 fully saturated rings. The van der Waals surface area contributed by atoms with Crippen molar-refractivity contribution in [1.82, 2.24) is 4.98 Å². The van der Waals surface area contributed by atoms with Crippen molar-refractivity contribution in [2.45, 2.75) is 20.3 Å². The molecule has 0 unspecified atom stereocenters. The fourth-order valence-corrected chi connectivity index (χ4v) is 2.10. The predicted molar refractivity (Wildman–Crippen MR) is 82.7 cm³/mol. The third-order valence-electron chi connectivity index (χ3n) is 2.70. The summed E-state index contributed by atoms with van der Waals surface area (Å²) in [6.45, 7) is 4.83. The number of hydrogen-bond acceptors (Lipinski definition) is 6. The summed E-state index contributed by atoms with van der Waals surface area (Å²) < 4.78 is 9.89. The number of nitrogens with one attached hydrogen (secondary N) is 2. The zero-order valence-electron chi connectivity index (χ0n) is 12.5. The van der Waals surface area contributed by atoms with Crippen LogP contribution in [0.4, 0.5) is 5.82 Å². The number of anilines is 1. The molecule has 0 aliphatic rings. The van der Waals surface area contributed by atoms with Gasteiger partial charge in [-0.25, -0.2) is 9.78 Å². The van der Waals surface area contributed by atoms with Crippen LogP contribution in [0.5, 0.6) is 0 Å². The Labute approximate surface area is 129 Å². The average Bonchev–Trinajstić information content (AvgIpc) is 2.43. The van der Waals surface area contributed by atoms with Crippen LogP contribution in [0.15, 0.2) is 6.20 Å². The maximum Gasteiger partial charge on any atom is 0.341 e.